The van der Waals surface area contributed by atoms with E-state index < -0.39 is 0 Å². The van der Waals surface area contributed by atoms with Gasteiger partial charge in [-0.15, -0.1) is 6.58 Å². The van der Waals surface area contributed by atoms with Crippen LogP contribution in [0.25, 0.3) is 0 Å². The smallest absolute Gasteiger partial charge is 0.0401 e. The van der Waals surface area contributed by atoms with Crippen molar-refractivity contribution in [1.29, 1.82) is 0 Å². The zero-order valence-electron chi connectivity index (χ0n) is 10.8. The molecule has 0 nitrogen and oxygen atoms in total. The van der Waals surface area contributed by atoms with E-state index in [0.29, 0.717) is 0 Å². The van der Waals surface area contributed by atoms with Gasteiger partial charge in [-0.25, -0.2) is 0 Å². The molecule has 1 rings (SSSR count). The minimum atomic E-state index is 1.06. The standard InChI is InChI=1S/C6H10.2C3H6.C2H6/c1-5(2)6(3)4;1-2-3-1;1-3-2;1-2/h1,3H2,2,4H3;1-3H2;3H,1H2,2H3;1-2H3. The molecule has 0 unspecified atom stereocenters. The molecule has 14 heavy (non-hydrogen) atoms. The highest BCUT2D eigenvalue weighted by Gasteiger charge is 1.95. The van der Waals surface area contributed by atoms with Crippen LogP contribution in [-0.2, 0) is 0 Å². The van der Waals surface area contributed by atoms with Crippen molar-refractivity contribution in [2.24, 2.45) is 0 Å². The molecule has 0 heteroatoms. The number of allylic oxidation sites excluding steroid dienone is 3. The first-order valence-corrected chi connectivity index (χ1v) is 5.44. The number of hydrogen-bond acceptors (Lipinski definition) is 0. The Labute approximate surface area is 91.4 Å². The summed E-state index contributed by atoms with van der Waals surface area (Å²) in [6, 6.07) is 0. The number of rotatable bonds is 1. The summed E-state index contributed by atoms with van der Waals surface area (Å²) in [5.41, 5.74) is 2.13. The molecule has 0 aromatic rings. The van der Waals surface area contributed by atoms with Crippen molar-refractivity contribution in [1.82, 2.24) is 0 Å². The van der Waals surface area contributed by atoms with Crippen molar-refractivity contribution >= 4 is 0 Å². The summed E-state index contributed by atoms with van der Waals surface area (Å²) < 4.78 is 0. The molecule has 1 aliphatic rings. The Kier molecular flexibility index (Phi) is 24.4. The average Bonchev–Trinajstić information content (AvgIpc) is 2.95. The maximum absolute atomic E-state index is 3.66. The molecule has 0 atom stereocenters. The van der Waals surface area contributed by atoms with E-state index in [1.54, 1.807) is 6.08 Å². The molecule has 1 aliphatic carbocycles. The minimum Gasteiger partial charge on any atom is -0.103 e. The highest BCUT2D eigenvalue weighted by molar-refractivity contribution is 5.19. The molecule has 0 amide bonds. The molecule has 0 heterocycles. The third-order valence-corrected chi connectivity index (χ3v) is 1.08. The highest BCUT2D eigenvalue weighted by atomic mass is 14.0. The first kappa shape index (κ1) is 18.9. The Hall–Kier alpha value is -0.780. The van der Waals surface area contributed by atoms with Crippen LogP contribution in [0.15, 0.2) is 37.0 Å². The van der Waals surface area contributed by atoms with Crippen LogP contribution >= 0.6 is 0 Å². The summed E-state index contributed by atoms with van der Waals surface area (Å²) >= 11 is 0. The van der Waals surface area contributed by atoms with Gasteiger partial charge >= 0.3 is 0 Å². The van der Waals surface area contributed by atoms with E-state index in [0.717, 1.165) is 11.1 Å². The van der Waals surface area contributed by atoms with Crippen LogP contribution in [0.2, 0.25) is 0 Å². The van der Waals surface area contributed by atoms with E-state index in [4.69, 9.17) is 0 Å². The molecular weight excluding hydrogens is 168 g/mol. The van der Waals surface area contributed by atoms with Crippen LogP contribution in [0.4, 0.5) is 0 Å². The van der Waals surface area contributed by atoms with Crippen LogP contribution in [0.1, 0.15) is 53.9 Å². The SMILES string of the molecule is C1CC1.C=C(C)C(=C)C.C=CC.CC. The predicted octanol–water partition coefficient (Wildman–Crippen LogP) is 5.53. The van der Waals surface area contributed by atoms with E-state index in [9.17, 15) is 0 Å². The van der Waals surface area contributed by atoms with E-state index in [1.165, 1.54) is 19.3 Å². The molecule has 1 saturated carbocycles. The second-order valence-corrected chi connectivity index (χ2v) is 3.03. The lowest BCUT2D eigenvalue weighted by Gasteiger charge is -1.88. The average molecular weight is 196 g/mol. The van der Waals surface area contributed by atoms with E-state index in [-0.39, 0.29) is 0 Å². The molecule has 0 aromatic carbocycles. The van der Waals surface area contributed by atoms with E-state index in [2.05, 4.69) is 19.7 Å². The third-order valence-electron chi connectivity index (χ3n) is 1.08. The van der Waals surface area contributed by atoms with Gasteiger partial charge in [0.05, 0.1) is 0 Å². The molecule has 0 aliphatic heterocycles. The first-order chi connectivity index (χ1) is 6.56. The maximum atomic E-state index is 3.66. The molecule has 0 N–H and O–H groups in total. The topological polar surface area (TPSA) is 0 Å². The van der Waals surface area contributed by atoms with Crippen LogP contribution in [0.3, 0.4) is 0 Å². The summed E-state index contributed by atoms with van der Waals surface area (Å²) in [5.74, 6) is 0. The zero-order valence-corrected chi connectivity index (χ0v) is 10.8. The lowest BCUT2D eigenvalue weighted by molar-refractivity contribution is 1.39. The normalized spacial score (nSPS) is 9.79. The Morgan fingerprint density at radius 1 is 0.929 bits per heavy atom. The van der Waals surface area contributed by atoms with E-state index in [1.807, 2.05) is 34.6 Å². The monoisotopic (exact) mass is 196 g/mol. The van der Waals surface area contributed by atoms with Gasteiger partial charge in [0, 0.05) is 0 Å². The molecule has 0 bridgehead atoms. The van der Waals surface area contributed by atoms with Gasteiger partial charge in [-0.1, -0.05) is 63.5 Å². The van der Waals surface area contributed by atoms with Gasteiger partial charge in [0.1, 0.15) is 0 Å². The second kappa shape index (κ2) is 18.1. The Bertz CT molecular complexity index is 123. The lowest BCUT2D eigenvalue weighted by Crippen LogP contribution is -1.67. The van der Waals surface area contributed by atoms with Gasteiger partial charge in [-0.05, 0) is 20.8 Å². The maximum Gasteiger partial charge on any atom is -0.0401 e. The fourth-order valence-corrected chi connectivity index (χ4v) is 0. The Morgan fingerprint density at radius 2 is 1.07 bits per heavy atom. The van der Waals surface area contributed by atoms with Gasteiger partial charge in [0.25, 0.3) is 0 Å². The lowest BCUT2D eigenvalue weighted by atomic mass is 10.2. The predicted molar refractivity (Wildman–Crippen MR) is 70.7 cm³/mol. The molecule has 1 fully saturated rings. The summed E-state index contributed by atoms with van der Waals surface area (Å²) in [5, 5.41) is 0. The van der Waals surface area contributed by atoms with Gasteiger partial charge in [-0.2, -0.15) is 0 Å². The van der Waals surface area contributed by atoms with Crippen LogP contribution in [-0.4, -0.2) is 0 Å². The van der Waals surface area contributed by atoms with Crippen molar-refractivity contribution in [2.45, 2.75) is 53.9 Å². The quantitative estimate of drug-likeness (QED) is 0.382. The van der Waals surface area contributed by atoms with Crippen LogP contribution < -0.4 is 0 Å². The minimum absolute atomic E-state index is 1.06. The third kappa shape index (κ3) is 65.8. The zero-order chi connectivity index (χ0) is 12.0. The molecule has 0 radical (unpaired) electrons. The fraction of sp³-hybridized carbons (Fsp3) is 0.571. The van der Waals surface area contributed by atoms with Gasteiger partial charge < -0.3 is 0 Å². The van der Waals surface area contributed by atoms with Gasteiger partial charge in [0.15, 0.2) is 0 Å². The van der Waals surface area contributed by atoms with E-state index >= 15 is 0 Å². The second-order valence-electron chi connectivity index (χ2n) is 3.03. The molecule has 84 valence electrons. The molecule has 0 saturated heterocycles. The van der Waals surface area contributed by atoms with Crippen molar-refractivity contribution < 1.29 is 0 Å². The largest absolute Gasteiger partial charge is 0.103 e. The first-order valence-electron chi connectivity index (χ1n) is 5.44. The summed E-state index contributed by atoms with van der Waals surface area (Å²) in [4.78, 5) is 0. The Balaban J connectivity index is -0.000000128. The van der Waals surface area contributed by atoms with Crippen molar-refractivity contribution in [3.05, 3.63) is 37.0 Å². The fourth-order valence-electron chi connectivity index (χ4n) is 0. The van der Waals surface area contributed by atoms with Crippen molar-refractivity contribution in [3.8, 4) is 0 Å². The van der Waals surface area contributed by atoms with Crippen molar-refractivity contribution in [2.75, 3.05) is 0 Å². The van der Waals surface area contributed by atoms with Crippen LogP contribution in [0, 0.1) is 0 Å². The Morgan fingerprint density at radius 3 is 1.07 bits per heavy atom. The highest BCUT2D eigenvalue weighted by Crippen LogP contribution is 2.14. The van der Waals surface area contributed by atoms with Gasteiger partial charge in [0.2, 0.25) is 0 Å². The van der Waals surface area contributed by atoms with Crippen LogP contribution in [0.5, 0.6) is 0 Å². The molecular formula is C14H28. The van der Waals surface area contributed by atoms with Crippen molar-refractivity contribution in [3.63, 3.8) is 0 Å². The summed E-state index contributed by atoms with van der Waals surface area (Å²) in [6.07, 6.45) is 6.25. The summed E-state index contributed by atoms with van der Waals surface area (Å²) in [6.45, 7) is 20.5. The molecule has 0 aromatic heterocycles. The summed E-state index contributed by atoms with van der Waals surface area (Å²) in [7, 11) is 0. The molecule has 0 spiro atoms. The van der Waals surface area contributed by atoms with Gasteiger partial charge in [-0.3, -0.25) is 0 Å². The number of hydrogen-bond donors (Lipinski definition) is 0.